The first-order valence-corrected chi connectivity index (χ1v) is 5.71. The lowest BCUT2D eigenvalue weighted by Crippen LogP contribution is -2.27. The standard InChI is InChI=1S/C12H14N4O/c1-8-9(2-4-13-8)12(17)15-10-3-6-16-7-5-14-11(10)16/h2,4-5,7,10,13H,3,6H2,1H3,(H,15,17)/t10-/m0/s1. The monoisotopic (exact) mass is 230 g/mol. The van der Waals surface area contributed by atoms with Crippen molar-refractivity contribution in [1.29, 1.82) is 0 Å². The minimum atomic E-state index is -0.0369. The number of carbonyl (C=O) groups is 1. The Balaban J connectivity index is 1.77. The molecule has 88 valence electrons. The van der Waals surface area contributed by atoms with E-state index in [1.165, 1.54) is 0 Å². The molecule has 3 rings (SSSR count). The number of H-pyrrole nitrogens is 1. The zero-order valence-electron chi connectivity index (χ0n) is 9.60. The molecule has 0 fully saturated rings. The third kappa shape index (κ3) is 1.63. The molecule has 17 heavy (non-hydrogen) atoms. The Morgan fingerprint density at radius 2 is 2.53 bits per heavy atom. The Morgan fingerprint density at radius 3 is 3.29 bits per heavy atom. The topological polar surface area (TPSA) is 62.7 Å². The molecule has 0 saturated carbocycles. The molecule has 1 amide bonds. The maximum absolute atomic E-state index is 12.0. The lowest BCUT2D eigenvalue weighted by atomic mass is 10.2. The first kappa shape index (κ1) is 10.1. The fourth-order valence-electron chi connectivity index (χ4n) is 2.29. The number of aryl methyl sites for hydroxylation is 2. The molecule has 0 radical (unpaired) electrons. The van der Waals surface area contributed by atoms with Gasteiger partial charge in [0.1, 0.15) is 5.82 Å². The summed E-state index contributed by atoms with van der Waals surface area (Å²) in [6, 6.07) is 1.83. The summed E-state index contributed by atoms with van der Waals surface area (Å²) in [5.74, 6) is 0.914. The van der Waals surface area contributed by atoms with E-state index in [4.69, 9.17) is 0 Å². The minimum Gasteiger partial charge on any atom is -0.365 e. The van der Waals surface area contributed by atoms with Crippen LogP contribution >= 0.6 is 0 Å². The highest BCUT2D eigenvalue weighted by atomic mass is 16.1. The second-order valence-corrected chi connectivity index (χ2v) is 4.31. The SMILES string of the molecule is Cc1[nH]ccc1C(=O)N[C@H]1CCn2ccnc21. The first-order valence-electron chi connectivity index (χ1n) is 5.71. The van der Waals surface area contributed by atoms with Crippen molar-refractivity contribution in [3.8, 4) is 0 Å². The van der Waals surface area contributed by atoms with E-state index >= 15 is 0 Å². The van der Waals surface area contributed by atoms with Crippen LogP contribution in [0.3, 0.4) is 0 Å². The fourth-order valence-corrected chi connectivity index (χ4v) is 2.29. The molecule has 2 aromatic rings. The van der Waals surface area contributed by atoms with Crippen LogP contribution in [0.1, 0.15) is 34.3 Å². The molecule has 1 aliphatic heterocycles. The van der Waals surface area contributed by atoms with Gasteiger partial charge in [-0.3, -0.25) is 4.79 Å². The average molecular weight is 230 g/mol. The summed E-state index contributed by atoms with van der Waals surface area (Å²) in [5.41, 5.74) is 1.60. The van der Waals surface area contributed by atoms with Gasteiger partial charge in [0, 0.05) is 30.8 Å². The van der Waals surface area contributed by atoms with Crippen molar-refractivity contribution in [1.82, 2.24) is 19.9 Å². The van der Waals surface area contributed by atoms with Gasteiger partial charge in [-0.25, -0.2) is 4.98 Å². The molecular formula is C12H14N4O. The van der Waals surface area contributed by atoms with E-state index in [0.717, 1.165) is 24.5 Å². The van der Waals surface area contributed by atoms with Crippen molar-refractivity contribution in [2.24, 2.45) is 0 Å². The van der Waals surface area contributed by atoms with Crippen LogP contribution < -0.4 is 5.32 Å². The largest absolute Gasteiger partial charge is 0.365 e. The molecule has 0 spiro atoms. The van der Waals surface area contributed by atoms with Crippen LogP contribution in [0.2, 0.25) is 0 Å². The molecule has 0 aliphatic carbocycles. The van der Waals surface area contributed by atoms with Gasteiger partial charge in [-0.2, -0.15) is 0 Å². The van der Waals surface area contributed by atoms with Gasteiger partial charge in [0.2, 0.25) is 0 Å². The second-order valence-electron chi connectivity index (χ2n) is 4.31. The van der Waals surface area contributed by atoms with Gasteiger partial charge in [-0.05, 0) is 19.4 Å². The normalized spacial score (nSPS) is 18.1. The third-order valence-corrected chi connectivity index (χ3v) is 3.22. The fraction of sp³-hybridized carbons (Fsp3) is 0.333. The number of carbonyl (C=O) groups excluding carboxylic acids is 1. The van der Waals surface area contributed by atoms with E-state index in [0.29, 0.717) is 5.56 Å². The van der Waals surface area contributed by atoms with Gasteiger partial charge in [-0.1, -0.05) is 0 Å². The first-order chi connectivity index (χ1) is 8.25. The average Bonchev–Trinajstić information content (AvgIpc) is 2.96. The third-order valence-electron chi connectivity index (χ3n) is 3.22. The summed E-state index contributed by atoms with van der Waals surface area (Å²) >= 11 is 0. The zero-order chi connectivity index (χ0) is 11.8. The highest BCUT2D eigenvalue weighted by molar-refractivity contribution is 5.95. The Hall–Kier alpha value is -2.04. The number of imidazole rings is 1. The summed E-state index contributed by atoms with van der Waals surface area (Å²) in [5, 5.41) is 3.02. The number of fused-ring (bicyclic) bond motifs is 1. The maximum Gasteiger partial charge on any atom is 0.253 e. The van der Waals surface area contributed by atoms with E-state index in [-0.39, 0.29) is 11.9 Å². The van der Waals surface area contributed by atoms with Crippen molar-refractivity contribution < 1.29 is 4.79 Å². The highest BCUT2D eigenvalue weighted by Gasteiger charge is 2.25. The van der Waals surface area contributed by atoms with Crippen molar-refractivity contribution in [3.05, 3.63) is 41.7 Å². The predicted molar refractivity (Wildman–Crippen MR) is 62.6 cm³/mol. The van der Waals surface area contributed by atoms with Crippen molar-refractivity contribution in [2.45, 2.75) is 25.9 Å². The maximum atomic E-state index is 12.0. The molecule has 0 saturated heterocycles. The summed E-state index contributed by atoms with van der Waals surface area (Å²) in [6.45, 7) is 2.82. The quantitative estimate of drug-likeness (QED) is 0.819. The molecule has 1 aliphatic rings. The van der Waals surface area contributed by atoms with Crippen LogP contribution in [0.25, 0.3) is 0 Å². The molecule has 3 heterocycles. The number of hydrogen-bond donors (Lipinski definition) is 2. The summed E-state index contributed by atoms with van der Waals surface area (Å²) in [6.07, 6.45) is 6.41. The Bertz CT molecular complexity index is 554. The number of rotatable bonds is 2. The number of nitrogens with zero attached hydrogens (tertiary/aromatic N) is 2. The molecule has 1 atom stereocenters. The highest BCUT2D eigenvalue weighted by Crippen LogP contribution is 2.24. The van der Waals surface area contributed by atoms with Gasteiger partial charge >= 0.3 is 0 Å². The van der Waals surface area contributed by atoms with Gasteiger partial charge in [0.05, 0.1) is 11.6 Å². The van der Waals surface area contributed by atoms with Crippen molar-refractivity contribution in [3.63, 3.8) is 0 Å². The summed E-state index contributed by atoms with van der Waals surface area (Å²) in [4.78, 5) is 19.3. The van der Waals surface area contributed by atoms with Crippen molar-refractivity contribution >= 4 is 5.91 Å². The van der Waals surface area contributed by atoms with Gasteiger partial charge in [0.15, 0.2) is 0 Å². The smallest absolute Gasteiger partial charge is 0.253 e. The van der Waals surface area contributed by atoms with Crippen LogP contribution in [-0.2, 0) is 6.54 Å². The molecule has 2 aromatic heterocycles. The van der Waals surface area contributed by atoms with Gasteiger partial charge in [0.25, 0.3) is 5.91 Å². The molecule has 5 nitrogen and oxygen atoms in total. The van der Waals surface area contributed by atoms with Gasteiger partial charge in [-0.15, -0.1) is 0 Å². The predicted octanol–water partition coefficient (Wildman–Crippen LogP) is 1.39. The Labute approximate surface area is 98.9 Å². The lowest BCUT2D eigenvalue weighted by molar-refractivity contribution is 0.0935. The van der Waals surface area contributed by atoms with Crippen LogP contribution in [-0.4, -0.2) is 20.4 Å². The molecule has 0 aromatic carbocycles. The van der Waals surface area contributed by atoms with E-state index in [9.17, 15) is 4.79 Å². The van der Waals surface area contributed by atoms with E-state index in [1.807, 2.05) is 13.1 Å². The van der Waals surface area contributed by atoms with Crippen LogP contribution in [0, 0.1) is 6.92 Å². The lowest BCUT2D eigenvalue weighted by Gasteiger charge is -2.10. The molecule has 2 N–H and O–H groups in total. The number of aromatic amines is 1. The molecule has 0 bridgehead atoms. The van der Waals surface area contributed by atoms with E-state index in [1.54, 1.807) is 18.5 Å². The number of aromatic nitrogens is 3. The Kier molecular flexibility index (Phi) is 2.24. The van der Waals surface area contributed by atoms with Crippen LogP contribution in [0.5, 0.6) is 0 Å². The van der Waals surface area contributed by atoms with Crippen molar-refractivity contribution in [2.75, 3.05) is 0 Å². The Morgan fingerprint density at radius 1 is 1.65 bits per heavy atom. The summed E-state index contributed by atoms with van der Waals surface area (Å²) in [7, 11) is 0. The van der Waals surface area contributed by atoms with Crippen LogP contribution in [0.15, 0.2) is 24.7 Å². The van der Waals surface area contributed by atoms with E-state index < -0.39 is 0 Å². The number of amides is 1. The molecule has 0 unspecified atom stereocenters. The van der Waals surface area contributed by atoms with Crippen LogP contribution in [0.4, 0.5) is 0 Å². The summed E-state index contributed by atoms with van der Waals surface area (Å²) < 4.78 is 2.08. The number of hydrogen-bond acceptors (Lipinski definition) is 2. The second kappa shape index (κ2) is 3.76. The van der Waals surface area contributed by atoms with Gasteiger partial charge < -0.3 is 14.9 Å². The zero-order valence-corrected chi connectivity index (χ0v) is 9.60. The van der Waals surface area contributed by atoms with E-state index in [2.05, 4.69) is 19.9 Å². The minimum absolute atomic E-state index is 0.0341. The molecule has 5 heteroatoms. The number of nitrogens with one attached hydrogen (secondary N) is 2. The molecular weight excluding hydrogens is 216 g/mol.